The molecule has 3 N–H and O–H groups in total. The number of carbonyl (C=O) groups excluding carboxylic acids is 1. The molecule has 31 heavy (non-hydrogen) atoms. The summed E-state index contributed by atoms with van der Waals surface area (Å²) in [6.07, 6.45) is 2.60. The number of nitrogens with zero attached hydrogens (tertiary/aromatic N) is 4. The van der Waals surface area contributed by atoms with Crippen molar-refractivity contribution in [2.75, 3.05) is 16.8 Å². The maximum absolute atomic E-state index is 14.4. The SMILES string of the molecule is O=C(Nc1c(F)nn2ccc(N3C[C@H](O)C[C@@H]3c3cc(F)ccc3F)nc12)NC1CC1. The smallest absolute Gasteiger partial charge is 0.319 e. The summed E-state index contributed by atoms with van der Waals surface area (Å²) in [6.45, 7) is 0.130. The summed E-state index contributed by atoms with van der Waals surface area (Å²) in [7, 11) is 0. The summed E-state index contributed by atoms with van der Waals surface area (Å²) in [6, 6.07) is 3.56. The molecule has 8 nitrogen and oxygen atoms in total. The predicted octanol–water partition coefficient (Wildman–Crippen LogP) is 2.74. The number of anilines is 2. The van der Waals surface area contributed by atoms with Gasteiger partial charge in [-0.05, 0) is 43.5 Å². The van der Waals surface area contributed by atoms with Gasteiger partial charge in [-0.2, -0.15) is 4.39 Å². The highest BCUT2D eigenvalue weighted by atomic mass is 19.1. The number of benzene rings is 1. The molecule has 0 spiro atoms. The lowest BCUT2D eigenvalue weighted by molar-refractivity contribution is 0.194. The van der Waals surface area contributed by atoms with Crippen molar-refractivity contribution in [1.29, 1.82) is 0 Å². The number of β-amino-alcohol motifs (C(OH)–C–C–N with tert-alkyl or cyclic N) is 1. The van der Waals surface area contributed by atoms with Crippen molar-refractivity contribution in [3.63, 3.8) is 0 Å². The average Bonchev–Trinajstić information content (AvgIpc) is 3.38. The van der Waals surface area contributed by atoms with Crippen LogP contribution in [0.2, 0.25) is 0 Å². The maximum atomic E-state index is 14.4. The van der Waals surface area contributed by atoms with Crippen molar-refractivity contribution in [3.8, 4) is 0 Å². The summed E-state index contributed by atoms with van der Waals surface area (Å²) in [5.74, 6) is -1.78. The molecule has 0 radical (unpaired) electrons. The number of nitrogens with one attached hydrogen (secondary N) is 2. The van der Waals surface area contributed by atoms with Gasteiger partial charge in [0, 0.05) is 24.3 Å². The number of hydrogen-bond donors (Lipinski definition) is 3. The molecule has 2 amide bonds. The van der Waals surface area contributed by atoms with Crippen LogP contribution in [-0.2, 0) is 0 Å². The first-order chi connectivity index (χ1) is 14.9. The molecule has 1 saturated carbocycles. The third-order valence-electron chi connectivity index (χ3n) is 5.47. The van der Waals surface area contributed by atoms with Crippen LogP contribution in [0, 0.1) is 17.6 Å². The molecule has 2 aromatic heterocycles. The number of urea groups is 1. The van der Waals surface area contributed by atoms with Crippen LogP contribution in [0.3, 0.4) is 0 Å². The molecule has 5 rings (SSSR count). The zero-order valence-electron chi connectivity index (χ0n) is 16.2. The quantitative estimate of drug-likeness (QED) is 0.590. The van der Waals surface area contributed by atoms with E-state index in [0.29, 0.717) is 5.82 Å². The Labute approximate surface area is 174 Å². The van der Waals surface area contributed by atoms with E-state index in [9.17, 15) is 23.1 Å². The summed E-state index contributed by atoms with van der Waals surface area (Å²) < 4.78 is 43.7. The summed E-state index contributed by atoms with van der Waals surface area (Å²) in [4.78, 5) is 18.1. The first-order valence-corrected chi connectivity index (χ1v) is 9.91. The maximum Gasteiger partial charge on any atom is 0.319 e. The van der Waals surface area contributed by atoms with E-state index >= 15 is 0 Å². The van der Waals surface area contributed by atoms with Gasteiger partial charge >= 0.3 is 6.03 Å². The van der Waals surface area contributed by atoms with Crippen molar-refractivity contribution in [3.05, 3.63) is 53.6 Å². The highest BCUT2D eigenvalue weighted by Gasteiger charge is 2.35. The molecule has 2 aliphatic rings. The van der Waals surface area contributed by atoms with E-state index in [0.717, 1.165) is 31.0 Å². The largest absolute Gasteiger partial charge is 0.391 e. The minimum absolute atomic E-state index is 0.0563. The molecule has 1 saturated heterocycles. The van der Waals surface area contributed by atoms with Gasteiger partial charge in [0.2, 0.25) is 0 Å². The third-order valence-corrected chi connectivity index (χ3v) is 5.47. The Bertz CT molecular complexity index is 1170. The van der Waals surface area contributed by atoms with Gasteiger partial charge < -0.3 is 20.6 Å². The van der Waals surface area contributed by atoms with E-state index in [1.54, 1.807) is 4.90 Å². The normalized spacial score (nSPS) is 21.0. The lowest BCUT2D eigenvalue weighted by Gasteiger charge is -2.26. The van der Waals surface area contributed by atoms with Gasteiger partial charge in [0.05, 0.1) is 12.1 Å². The Morgan fingerprint density at radius 3 is 2.77 bits per heavy atom. The number of fused-ring (bicyclic) bond motifs is 1. The van der Waals surface area contributed by atoms with Crippen LogP contribution in [-0.4, -0.2) is 44.4 Å². The van der Waals surface area contributed by atoms with Crippen molar-refractivity contribution >= 4 is 23.2 Å². The zero-order valence-corrected chi connectivity index (χ0v) is 16.2. The topological polar surface area (TPSA) is 94.8 Å². The van der Waals surface area contributed by atoms with Gasteiger partial charge in [0.1, 0.15) is 23.1 Å². The standard InChI is InChI=1S/C20H19F3N6O2/c21-10-1-4-14(22)13(7-10)15-8-12(30)9-28(15)16-5-6-29-19(25-16)17(18(23)27-29)26-20(31)24-11-2-3-11/h1,4-7,11-12,15,30H,2-3,8-9H2,(H2,24,26,31)/t12-,15-/m1/s1. The molecule has 162 valence electrons. The number of carbonyl (C=O) groups is 1. The van der Waals surface area contributed by atoms with Crippen LogP contribution >= 0.6 is 0 Å². The number of aliphatic hydroxyl groups is 1. The summed E-state index contributed by atoms with van der Waals surface area (Å²) in [5, 5.41) is 19.1. The molecule has 11 heteroatoms. The van der Waals surface area contributed by atoms with E-state index < -0.39 is 35.8 Å². The van der Waals surface area contributed by atoms with Crippen molar-refractivity contribution in [1.82, 2.24) is 19.9 Å². The van der Waals surface area contributed by atoms with Crippen LogP contribution < -0.4 is 15.5 Å². The lowest BCUT2D eigenvalue weighted by Crippen LogP contribution is -2.30. The predicted molar refractivity (Wildman–Crippen MR) is 105 cm³/mol. The number of aromatic nitrogens is 3. The molecule has 1 aliphatic heterocycles. The third kappa shape index (κ3) is 3.76. The number of amides is 2. The van der Waals surface area contributed by atoms with Gasteiger partial charge in [-0.15, -0.1) is 5.10 Å². The fraction of sp³-hybridized carbons (Fsp3) is 0.350. The van der Waals surface area contributed by atoms with E-state index in [-0.39, 0.29) is 35.9 Å². The fourth-order valence-corrected chi connectivity index (χ4v) is 3.85. The Morgan fingerprint density at radius 2 is 2.00 bits per heavy atom. The van der Waals surface area contributed by atoms with Gasteiger partial charge in [0.15, 0.2) is 5.65 Å². The molecular weight excluding hydrogens is 413 g/mol. The molecule has 0 bridgehead atoms. The van der Waals surface area contributed by atoms with Crippen LogP contribution in [0.4, 0.5) is 29.5 Å². The van der Waals surface area contributed by atoms with E-state index in [1.807, 2.05) is 0 Å². The first-order valence-electron chi connectivity index (χ1n) is 9.91. The molecule has 3 aromatic rings. The minimum atomic E-state index is -0.898. The van der Waals surface area contributed by atoms with Crippen molar-refractivity contribution in [2.45, 2.75) is 37.5 Å². The Balaban J connectivity index is 1.50. The van der Waals surface area contributed by atoms with E-state index in [4.69, 9.17) is 0 Å². The lowest BCUT2D eigenvalue weighted by atomic mass is 10.0. The second-order valence-electron chi connectivity index (χ2n) is 7.82. The number of rotatable bonds is 4. The summed E-state index contributed by atoms with van der Waals surface area (Å²) in [5.41, 5.74) is -0.0332. The first kappa shape index (κ1) is 19.6. The van der Waals surface area contributed by atoms with Crippen LogP contribution in [0.1, 0.15) is 30.9 Å². The average molecular weight is 432 g/mol. The number of aliphatic hydroxyl groups excluding tert-OH is 1. The van der Waals surface area contributed by atoms with Crippen LogP contribution in [0.5, 0.6) is 0 Å². The van der Waals surface area contributed by atoms with Crippen LogP contribution in [0.15, 0.2) is 30.5 Å². The Kier molecular flexibility index (Phi) is 4.69. The van der Waals surface area contributed by atoms with Crippen molar-refractivity contribution < 1.29 is 23.1 Å². The highest BCUT2D eigenvalue weighted by Crippen LogP contribution is 2.37. The zero-order chi connectivity index (χ0) is 21.7. The Hall–Kier alpha value is -3.34. The monoisotopic (exact) mass is 432 g/mol. The Morgan fingerprint density at radius 1 is 1.19 bits per heavy atom. The number of hydrogen-bond acceptors (Lipinski definition) is 5. The molecule has 3 heterocycles. The molecule has 1 aliphatic carbocycles. The van der Waals surface area contributed by atoms with Gasteiger partial charge in [-0.25, -0.2) is 23.1 Å². The van der Waals surface area contributed by atoms with Crippen LogP contribution in [0.25, 0.3) is 5.65 Å². The van der Waals surface area contributed by atoms with E-state index in [1.165, 1.54) is 16.8 Å². The molecule has 1 aromatic carbocycles. The molecule has 2 fully saturated rings. The van der Waals surface area contributed by atoms with Gasteiger partial charge in [0.25, 0.3) is 5.95 Å². The fourth-order valence-electron chi connectivity index (χ4n) is 3.85. The molecule has 0 unspecified atom stereocenters. The molecule has 2 atom stereocenters. The van der Waals surface area contributed by atoms with Crippen molar-refractivity contribution in [2.24, 2.45) is 0 Å². The van der Waals surface area contributed by atoms with Gasteiger partial charge in [-0.3, -0.25) is 0 Å². The van der Waals surface area contributed by atoms with E-state index in [2.05, 4.69) is 20.7 Å². The second-order valence-corrected chi connectivity index (χ2v) is 7.82. The number of halogens is 3. The minimum Gasteiger partial charge on any atom is -0.391 e. The summed E-state index contributed by atoms with van der Waals surface area (Å²) >= 11 is 0. The molecular formula is C20H19F3N6O2. The highest BCUT2D eigenvalue weighted by molar-refractivity contribution is 5.93. The van der Waals surface area contributed by atoms with Gasteiger partial charge in [-0.1, -0.05) is 0 Å². The second kappa shape index (κ2) is 7.41.